The van der Waals surface area contributed by atoms with Crippen LogP contribution in [0.3, 0.4) is 0 Å². The van der Waals surface area contributed by atoms with Crippen LogP contribution in [0.4, 0.5) is 26.3 Å². The van der Waals surface area contributed by atoms with Crippen LogP contribution in [0.25, 0.3) is 0 Å². The van der Waals surface area contributed by atoms with Crippen LogP contribution in [-0.2, 0) is 0 Å². The Morgan fingerprint density at radius 2 is 1.63 bits per heavy atom. The van der Waals surface area contributed by atoms with Crippen LogP contribution in [0.5, 0.6) is 5.75 Å². The van der Waals surface area contributed by atoms with Gasteiger partial charge in [-0.15, -0.1) is 0 Å². The molecule has 106 valence electrons. The fourth-order valence-electron chi connectivity index (χ4n) is 1.16. The summed E-state index contributed by atoms with van der Waals surface area (Å²) < 4.78 is 77.4. The summed E-state index contributed by atoms with van der Waals surface area (Å²) in [6.07, 6.45) is -15.3. The first kappa shape index (κ1) is 15.6. The van der Waals surface area contributed by atoms with Gasteiger partial charge in [0.2, 0.25) is 0 Å². The molecule has 0 saturated carbocycles. The van der Waals surface area contributed by atoms with Gasteiger partial charge in [-0.3, -0.25) is 4.79 Å². The third-order valence-electron chi connectivity index (χ3n) is 1.94. The van der Waals surface area contributed by atoms with Crippen molar-refractivity contribution in [3.05, 3.63) is 28.8 Å². The number of hydrogen-bond donors (Lipinski definition) is 0. The second-order valence-corrected chi connectivity index (χ2v) is 3.82. The summed E-state index contributed by atoms with van der Waals surface area (Å²) in [5, 5.41) is -0.0231. The average molecular weight is 307 g/mol. The van der Waals surface area contributed by atoms with Crippen molar-refractivity contribution in [3.8, 4) is 5.75 Å². The second-order valence-electron chi connectivity index (χ2n) is 3.38. The van der Waals surface area contributed by atoms with Crippen molar-refractivity contribution in [2.45, 2.75) is 18.5 Å². The zero-order valence-corrected chi connectivity index (χ0v) is 9.60. The first-order valence-electron chi connectivity index (χ1n) is 4.60. The Kier molecular flexibility index (Phi) is 4.34. The molecule has 1 aromatic rings. The summed E-state index contributed by atoms with van der Waals surface area (Å²) in [4.78, 5) is 10.6. The molecule has 19 heavy (non-hydrogen) atoms. The molecule has 0 N–H and O–H groups in total. The van der Waals surface area contributed by atoms with E-state index in [4.69, 9.17) is 11.6 Å². The Morgan fingerprint density at radius 3 is 2.05 bits per heavy atom. The monoisotopic (exact) mass is 306 g/mol. The Morgan fingerprint density at radius 1 is 1.11 bits per heavy atom. The van der Waals surface area contributed by atoms with Crippen LogP contribution in [0.2, 0.25) is 5.02 Å². The molecule has 1 aromatic carbocycles. The highest BCUT2D eigenvalue weighted by molar-refractivity contribution is 6.30. The molecule has 0 heterocycles. The molecule has 0 aliphatic rings. The lowest BCUT2D eigenvalue weighted by Crippen LogP contribution is -2.46. The molecule has 2 nitrogen and oxygen atoms in total. The van der Waals surface area contributed by atoms with Crippen molar-refractivity contribution in [1.29, 1.82) is 0 Å². The predicted molar refractivity (Wildman–Crippen MR) is 53.4 cm³/mol. The quantitative estimate of drug-likeness (QED) is 0.622. The minimum absolute atomic E-state index is 0.0231. The van der Waals surface area contributed by atoms with Crippen LogP contribution >= 0.6 is 11.6 Å². The number of halogens is 7. The number of rotatable bonds is 3. The first-order chi connectivity index (χ1) is 8.55. The molecule has 0 amide bonds. The molecule has 0 bridgehead atoms. The fourth-order valence-corrected chi connectivity index (χ4v) is 1.35. The van der Waals surface area contributed by atoms with Gasteiger partial charge < -0.3 is 4.74 Å². The van der Waals surface area contributed by atoms with Gasteiger partial charge >= 0.3 is 12.4 Å². The summed E-state index contributed by atoms with van der Waals surface area (Å²) in [6, 6.07) is 2.66. The highest BCUT2D eigenvalue weighted by Crippen LogP contribution is 2.37. The zero-order valence-electron chi connectivity index (χ0n) is 8.85. The minimum Gasteiger partial charge on any atom is -0.471 e. The fraction of sp³-hybridized carbons (Fsp3) is 0.300. The van der Waals surface area contributed by atoms with Gasteiger partial charge in [0.05, 0.1) is 5.56 Å². The van der Waals surface area contributed by atoms with Gasteiger partial charge in [-0.2, -0.15) is 26.3 Å². The first-order valence-corrected chi connectivity index (χ1v) is 4.98. The van der Waals surface area contributed by atoms with Gasteiger partial charge in [-0.05, 0) is 18.2 Å². The number of carbonyl (C=O) groups excluding carboxylic acids is 1. The standard InChI is InChI=1S/C10H5ClF6O2/c11-6-1-2-7(5(3-6)4-18)19-8(9(12,13)14)10(15,16)17/h1-4,8H. The van der Waals surface area contributed by atoms with E-state index < -0.39 is 29.8 Å². The van der Waals surface area contributed by atoms with Crippen molar-refractivity contribution in [3.63, 3.8) is 0 Å². The van der Waals surface area contributed by atoms with Gasteiger partial charge in [-0.25, -0.2) is 0 Å². The maximum atomic E-state index is 12.3. The number of aldehydes is 1. The van der Waals surface area contributed by atoms with Crippen LogP contribution in [0, 0.1) is 0 Å². The lowest BCUT2D eigenvalue weighted by Gasteiger charge is -2.24. The molecule has 0 unspecified atom stereocenters. The number of benzene rings is 1. The molecule has 0 radical (unpaired) electrons. The molecule has 0 fully saturated rings. The molecular weight excluding hydrogens is 302 g/mol. The van der Waals surface area contributed by atoms with E-state index in [1.807, 2.05) is 0 Å². The zero-order chi connectivity index (χ0) is 14.8. The Bertz CT molecular complexity index is 454. The molecule has 0 spiro atoms. The van der Waals surface area contributed by atoms with Gasteiger partial charge in [0.15, 0.2) is 6.29 Å². The van der Waals surface area contributed by atoms with Crippen LogP contribution in [-0.4, -0.2) is 24.7 Å². The molecular formula is C10H5ClF6O2. The maximum absolute atomic E-state index is 12.3. The molecule has 0 atom stereocenters. The van der Waals surface area contributed by atoms with Gasteiger partial charge in [0, 0.05) is 5.02 Å². The van der Waals surface area contributed by atoms with Gasteiger partial charge in [0.1, 0.15) is 5.75 Å². The number of carbonyl (C=O) groups is 1. The minimum atomic E-state index is -5.65. The Balaban J connectivity index is 3.14. The maximum Gasteiger partial charge on any atom is 0.434 e. The third kappa shape index (κ3) is 4.02. The number of hydrogen-bond acceptors (Lipinski definition) is 2. The Hall–Kier alpha value is -1.44. The summed E-state index contributed by atoms with van der Waals surface area (Å²) in [6.45, 7) is 0. The normalized spacial score (nSPS) is 12.6. The Labute approximate surface area is 107 Å². The molecule has 0 aliphatic carbocycles. The molecule has 0 aliphatic heterocycles. The van der Waals surface area contributed by atoms with Gasteiger partial charge in [-0.1, -0.05) is 11.6 Å². The highest BCUT2D eigenvalue weighted by Gasteiger charge is 2.59. The van der Waals surface area contributed by atoms with Crippen molar-refractivity contribution < 1.29 is 35.9 Å². The summed E-state index contributed by atoms with van der Waals surface area (Å²) >= 11 is 5.45. The van der Waals surface area contributed by atoms with Crippen LogP contribution in [0.1, 0.15) is 10.4 Å². The van der Waals surface area contributed by atoms with E-state index in [1.54, 1.807) is 0 Å². The van der Waals surface area contributed by atoms with E-state index in [0.29, 0.717) is 0 Å². The summed E-state index contributed by atoms with van der Waals surface area (Å²) in [5.41, 5.74) is -0.508. The van der Waals surface area contributed by atoms with E-state index in [-0.39, 0.29) is 11.3 Å². The number of ether oxygens (including phenoxy) is 1. The van der Waals surface area contributed by atoms with Crippen molar-refractivity contribution in [2.75, 3.05) is 0 Å². The van der Waals surface area contributed by atoms with E-state index in [9.17, 15) is 31.1 Å². The average Bonchev–Trinajstić information content (AvgIpc) is 2.23. The van der Waals surface area contributed by atoms with Crippen molar-refractivity contribution in [1.82, 2.24) is 0 Å². The van der Waals surface area contributed by atoms with Crippen molar-refractivity contribution >= 4 is 17.9 Å². The van der Waals surface area contributed by atoms with E-state index in [2.05, 4.69) is 4.74 Å². The van der Waals surface area contributed by atoms with E-state index in [1.165, 1.54) is 0 Å². The SMILES string of the molecule is O=Cc1cc(Cl)ccc1OC(C(F)(F)F)C(F)(F)F. The lowest BCUT2D eigenvalue weighted by molar-refractivity contribution is -0.299. The predicted octanol–water partition coefficient (Wildman–Crippen LogP) is 4.02. The smallest absolute Gasteiger partial charge is 0.434 e. The van der Waals surface area contributed by atoms with Crippen LogP contribution < -0.4 is 4.74 Å². The van der Waals surface area contributed by atoms with Gasteiger partial charge in [0.25, 0.3) is 6.10 Å². The van der Waals surface area contributed by atoms with E-state index in [0.717, 1.165) is 18.2 Å². The van der Waals surface area contributed by atoms with E-state index >= 15 is 0 Å². The molecule has 1 rings (SSSR count). The van der Waals surface area contributed by atoms with Crippen molar-refractivity contribution in [2.24, 2.45) is 0 Å². The second kappa shape index (κ2) is 5.28. The summed E-state index contributed by atoms with van der Waals surface area (Å²) in [5.74, 6) is -0.848. The molecule has 0 saturated heterocycles. The molecule has 9 heteroatoms. The topological polar surface area (TPSA) is 26.3 Å². The molecule has 0 aromatic heterocycles. The number of alkyl halides is 6. The van der Waals surface area contributed by atoms with Crippen LogP contribution in [0.15, 0.2) is 18.2 Å². The largest absolute Gasteiger partial charge is 0.471 e. The summed E-state index contributed by atoms with van der Waals surface area (Å²) in [7, 11) is 0. The highest BCUT2D eigenvalue weighted by atomic mass is 35.5. The lowest BCUT2D eigenvalue weighted by atomic mass is 10.2. The third-order valence-corrected chi connectivity index (χ3v) is 2.17.